The fraction of sp³-hybridized carbons (Fsp3) is 0.938. The molecule has 5 saturated carbocycles. The van der Waals surface area contributed by atoms with Crippen LogP contribution in [0.1, 0.15) is 126 Å². The number of carbonyl (C=O) groups excluding carboxylic acids is 2. The highest BCUT2D eigenvalue weighted by molar-refractivity contribution is 5.75. The fourth-order valence-electron chi connectivity index (χ4n) is 11.4. The van der Waals surface area contributed by atoms with Crippen LogP contribution in [0.25, 0.3) is 0 Å². The number of hydrogen-bond donors (Lipinski definition) is 0. The van der Waals surface area contributed by atoms with Crippen molar-refractivity contribution >= 4 is 12.3 Å². The molecule has 5 aliphatic rings. The summed E-state index contributed by atoms with van der Waals surface area (Å²) in [6, 6.07) is 0. The topological polar surface area (TPSA) is 43.4 Å². The van der Waals surface area contributed by atoms with E-state index in [1.54, 1.807) is 0 Å². The molecular weight excluding hydrogens is 432 g/mol. The van der Waals surface area contributed by atoms with Gasteiger partial charge < -0.3 is 9.53 Å². The molecule has 0 aromatic rings. The van der Waals surface area contributed by atoms with Crippen molar-refractivity contribution in [3.8, 4) is 0 Å². The summed E-state index contributed by atoms with van der Waals surface area (Å²) >= 11 is 0. The van der Waals surface area contributed by atoms with Crippen LogP contribution in [-0.2, 0) is 14.3 Å². The minimum Gasteiger partial charge on any atom is -0.462 e. The average molecular weight is 485 g/mol. The molecule has 0 amide bonds. The molecule has 0 bridgehead atoms. The molecule has 3 nitrogen and oxygen atoms in total. The Morgan fingerprint density at radius 2 is 1.54 bits per heavy atom. The number of fused-ring (bicyclic) bond motifs is 7. The van der Waals surface area contributed by atoms with E-state index in [-0.39, 0.29) is 23.9 Å². The molecule has 9 atom stereocenters. The minimum atomic E-state index is -0.648. The average Bonchev–Trinajstić information content (AvgIpc) is 3.17. The molecule has 0 spiro atoms. The fourth-order valence-corrected chi connectivity index (χ4v) is 11.4. The van der Waals surface area contributed by atoms with Gasteiger partial charge in [-0.05, 0) is 110 Å². The van der Waals surface area contributed by atoms with Crippen LogP contribution in [0.15, 0.2) is 0 Å². The van der Waals surface area contributed by atoms with E-state index in [1.165, 1.54) is 64.2 Å². The summed E-state index contributed by atoms with van der Waals surface area (Å²) < 4.78 is 6.15. The highest BCUT2D eigenvalue weighted by atomic mass is 16.5. The zero-order valence-electron chi connectivity index (χ0n) is 23.8. The molecule has 35 heavy (non-hydrogen) atoms. The Bertz CT molecular complexity index is 859. The highest BCUT2D eigenvalue weighted by Gasteiger charge is 2.66. The lowest BCUT2D eigenvalue weighted by Crippen LogP contribution is -2.63. The number of esters is 1. The second-order valence-electron chi connectivity index (χ2n) is 15.8. The van der Waals surface area contributed by atoms with Crippen molar-refractivity contribution in [3.63, 3.8) is 0 Å². The van der Waals surface area contributed by atoms with Gasteiger partial charge >= 0.3 is 5.97 Å². The monoisotopic (exact) mass is 484 g/mol. The van der Waals surface area contributed by atoms with Crippen LogP contribution >= 0.6 is 0 Å². The maximum Gasteiger partial charge on any atom is 0.307 e. The van der Waals surface area contributed by atoms with Crippen LogP contribution in [-0.4, -0.2) is 18.4 Å². The maximum absolute atomic E-state index is 12.8. The van der Waals surface area contributed by atoms with Crippen molar-refractivity contribution in [1.82, 2.24) is 0 Å². The Morgan fingerprint density at radius 3 is 2.26 bits per heavy atom. The predicted octanol–water partition coefficient (Wildman–Crippen LogP) is 8.00. The number of ether oxygens (including phenoxy) is 1. The van der Waals surface area contributed by atoms with E-state index in [2.05, 4.69) is 34.6 Å². The molecule has 0 aromatic heterocycles. The number of aldehydes is 1. The molecular formula is C32H52O3. The first kappa shape index (κ1) is 25.8. The second-order valence-corrected chi connectivity index (χ2v) is 15.8. The summed E-state index contributed by atoms with van der Waals surface area (Å²) in [6.07, 6.45) is 16.0. The van der Waals surface area contributed by atoms with Gasteiger partial charge in [-0.2, -0.15) is 0 Å². The van der Waals surface area contributed by atoms with E-state index in [9.17, 15) is 9.59 Å². The van der Waals surface area contributed by atoms with Crippen LogP contribution in [0.5, 0.6) is 0 Å². The lowest BCUT2D eigenvalue weighted by molar-refractivity contribution is -0.221. The van der Waals surface area contributed by atoms with Crippen LogP contribution in [0.4, 0.5) is 0 Å². The van der Waals surface area contributed by atoms with Gasteiger partial charge in [-0.3, -0.25) is 4.79 Å². The van der Waals surface area contributed by atoms with Gasteiger partial charge in [0.15, 0.2) is 0 Å². The van der Waals surface area contributed by atoms with Gasteiger partial charge in [-0.25, -0.2) is 0 Å². The summed E-state index contributed by atoms with van der Waals surface area (Å²) in [5.41, 5.74) is 0.774. The molecule has 0 aliphatic heterocycles. The first-order valence-corrected chi connectivity index (χ1v) is 14.9. The van der Waals surface area contributed by atoms with E-state index in [1.807, 2.05) is 13.8 Å². The Hall–Kier alpha value is -0.860. The molecule has 0 heterocycles. The van der Waals surface area contributed by atoms with Crippen molar-refractivity contribution in [2.24, 2.45) is 56.7 Å². The smallest absolute Gasteiger partial charge is 0.307 e. The van der Waals surface area contributed by atoms with Crippen molar-refractivity contribution in [1.29, 1.82) is 0 Å². The van der Waals surface area contributed by atoms with Gasteiger partial charge in [0.05, 0.1) is 6.42 Å². The van der Waals surface area contributed by atoms with E-state index in [0.29, 0.717) is 22.2 Å². The van der Waals surface area contributed by atoms with Gasteiger partial charge in [-0.1, -0.05) is 54.9 Å². The predicted molar refractivity (Wildman–Crippen MR) is 141 cm³/mol. The van der Waals surface area contributed by atoms with E-state index >= 15 is 0 Å². The first-order chi connectivity index (χ1) is 16.3. The van der Waals surface area contributed by atoms with Gasteiger partial charge in [0.2, 0.25) is 0 Å². The van der Waals surface area contributed by atoms with Crippen LogP contribution in [0, 0.1) is 56.7 Å². The third kappa shape index (κ3) is 3.87. The largest absolute Gasteiger partial charge is 0.462 e. The summed E-state index contributed by atoms with van der Waals surface area (Å²) in [6.45, 7) is 16.3. The molecule has 3 heteroatoms. The van der Waals surface area contributed by atoms with Crippen molar-refractivity contribution in [3.05, 3.63) is 0 Å². The summed E-state index contributed by atoms with van der Waals surface area (Å²) in [4.78, 5) is 24.1. The van der Waals surface area contributed by atoms with E-state index in [4.69, 9.17) is 4.74 Å². The summed E-state index contributed by atoms with van der Waals surface area (Å²) in [5, 5.41) is 0. The van der Waals surface area contributed by atoms with E-state index in [0.717, 1.165) is 36.4 Å². The molecule has 0 saturated heterocycles. The lowest BCUT2D eigenvalue weighted by atomic mass is 9.36. The molecule has 9 unspecified atom stereocenters. The number of carbonyl (C=O) groups is 2. The van der Waals surface area contributed by atoms with Gasteiger partial charge in [-0.15, -0.1) is 0 Å². The van der Waals surface area contributed by atoms with Crippen LogP contribution in [0.2, 0.25) is 0 Å². The summed E-state index contributed by atoms with van der Waals surface area (Å²) in [7, 11) is 0. The normalized spacial score (nSPS) is 48.7. The Labute approximate surface area is 214 Å². The van der Waals surface area contributed by atoms with Crippen molar-refractivity contribution < 1.29 is 14.3 Å². The Kier molecular flexibility index (Phi) is 6.13. The van der Waals surface area contributed by atoms with E-state index < -0.39 is 5.41 Å². The Balaban J connectivity index is 1.35. The summed E-state index contributed by atoms with van der Waals surface area (Å²) in [5.74, 6) is 4.04. The van der Waals surface area contributed by atoms with Crippen LogP contribution in [0.3, 0.4) is 0 Å². The maximum atomic E-state index is 12.8. The van der Waals surface area contributed by atoms with Gasteiger partial charge in [0.1, 0.15) is 12.4 Å². The molecule has 0 aromatic carbocycles. The minimum absolute atomic E-state index is 0.0250. The van der Waals surface area contributed by atoms with Gasteiger partial charge in [0.25, 0.3) is 0 Å². The Morgan fingerprint density at radius 1 is 0.829 bits per heavy atom. The number of rotatable bonds is 4. The molecule has 5 rings (SSSR count). The lowest BCUT2D eigenvalue weighted by Gasteiger charge is -2.69. The standard InChI is InChI=1S/C32H52O3/c1-28(2,20-33)19-27(34)35-26-14-18-32(7)24(29(26,3)4)13-17-31(6)23-12-16-30(5)15-8-9-22(30)21(23)10-11-25(31)32/h20-26H,8-19H2,1-7H3. The van der Waals surface area contributed by atoms with Crippen molar-refractivity contribution in [2.75, 3.05) is 0 Å². The zero-order chi connectivity index (χ0) is 25.4. The second kappa shape index (κ2) is 8.32. The van der Waals surface area contributed by atoms with Crippen molar-refractivity contribution in [2.45, 2.75) is 132 Å². The third-order valence-corrected chi connectivity index (χ3v) is 13.1. The number of hydrogen-bond acceptors (Lipinski definition) is 3. The van der Waals surface area contributed by atoms with Crippen LogP contribution < -0.4 is 0 Å². The molecule has 5 fully saturated rings. The van der Waals surface area contributed by atoms with Gasteiger partial charge in [0, 0.05) is 10.8 Å². The molecule has 5 aliphatic carbocycles. The first-order valence-electron chi connectivity index (χ1n) is 14.9. The quantitative estimate of drug-likeness (QED) is 0.300. The zero-order valence-corrected chi connectivity index (χ0v) is 23.8. The third-order valence-electron chi connectivity index (χ3n) is 13.1. The molecule has 0 radical (unpaired) electrons. The highest BCUT2D eigenvalue weighted by Crippen LogP contribution is 2.73. The molecule has 0 N–H and O–H groups in total. The molecule has 198 valence electrons. The SMILES string of the molecule is CC(C)(C=O)CC(=O)OC1CCC2(C)C(CCC3(C)C4CCC5(C)CCCC5C4CCC32)C1(C)C.